The molecule has 1 aromatic rings. The topological polar surface area (TPSA) is 72.1 Å². The molecule has 0 fully saturated rings. The van der Waals surface area contributed by atoms with E-state index in [1.165, 1.54) is 19.3 Å². The van der Waals surface area contributed by atoms with Gasteiger partial charge in [0.25, 0.3) is 5.91 Å². The Hall–Kier alpha value is -1.49. The number of amides is 1. The Labute approximate surface area is 107 Å². The van der Waals surface area contributed by atoms with Crippen molar-refractivity contribution in [3.8, 4) is 0 Å². The predicted octanol–water partition coefficient (Wildman–Crippen LogP) is 1.12. The Morgan fingerprint density at radius 2 is 2.33 bits per heavy atom. The molecule has 2 rings (SSSR count). The maximum Gasteiger partial charge on any atom is 0.286 e. The van der Waals surface area contributed by atoms with Gasteiger partial charge >= 0.3 is 0 Å². The fourth-order valence-electron chi connectivity index (χ4n) is 2.25. The maximum absolute atomic E-state index is 11.1. The highest BCUT2D eigenvalue weighted by Gasteiger charge is 2.18. The second-order valence-corrected chi connectivity index (χ2v) is 4.76. The van der Waals surface area contributed by atoms with Crippen LogP contribution in [-0.2, 0) is 13.0 Å². The molecular weight excluding hydrogens is 228 g/mol. The number of nitrogens with two attached hydrogens (primary N) is 1. The van der Waals surface area contributed by atoms with Crippen molar-refractivity contribution in [2.45, 2.75) is 39.2 Å². The number of fused-ring (bicyclic) bond motifs is 1. The first-order chi connectivity index (χ1) is 8.70. The lowest BCUT2D eigenvalue weighted by Crippen LogP contribution is -2.33. The van der Waals surface area contributed by atoms with E-state index in [1.54, 1.807) is 6.20 Å². The van der Waals surface area contributed by atoms with E-state index in [4.69, 9.17) is 5.73 Å². The minimum atomic E-state index is -0.555. The van der Waals surface area contributed by atoms with Crippen LogP contribution >= 0.6 is 0 Å². The van der Waals surface area contributed by atoms with E-state index in [-0.39, 0.29) is 5.82 Å². The van der Waals surface area contributed by atoms with Crippen molar-refractivity contribution in [3.05, 3.63) is 23.3 Å². The van der Waals surface area contributed by atoms with Gasteiger partial charge in [-0.1, -0.05) is 19.8 Å². The molecule has 0 saturated carbocycles. The summed E-state index contributed by atoms with van der Waals surface area (Å²) in [6.07, 6.45) is 6.42. The molecule has 0 saturated heterocycles. The summed E-state index contributed by atoms with van der Waals surface area (Å²) in [6.45, 7) is 5.17. The maximum atomic E-state index is 11.1. The van der Waals surface area contributed by atoms with Gasteiger partial charge < -0.3 is 5.73 Å². The molecule has 18 heavy (non-hydrogen) atoms. The standard InChI is InChI=1S/C13H20N4O/c1-2-3-4-6-17-7-5-10-8-15-13(12(14)18)16-11(10)9-17/h8H,2-7,9H2,1H3,(H2,14,18). The average Bonchev–Trinajstić information content (AvgIpc) is 2.38. The Kier molecular flexibility index (Phi) is 4.25. The highest BCUT2D eigenvalue weighted by Crippen LogP contribution is 2.16. The van der Waals surface area contributed by atoms with E-state index < -0.39 is 5.91 Å². The smallest absolute Gasteiger partial charge is 0.286 e. The number of carbonyl (C=O) groups excluding carboxylic acids is 1. The molecule has 0 unspecified atom stereocenters. The van der Waals surface area contributed by atoms with Crippen LogP contribution < -0.4 is 5.73 Å². The van der Waals surface area contributed by atoms with Gasteiger partial charge in [0.05, 0.1) is 5.69 Å². The summed E-state index contributed by atoms with van der Waals surface area (Å²) in [5, 5.41) is 0. The molecule has 5 nitrogen and oxygen atoms in total. The average molecular weight is 248 g/mol. The van der Waals surface area contributed by atoms with Crippen molar-refractivity contribution in [2.24, 2.45) is 5.73 Å². The van der Waals surface area contributed by atoms with Crippen LogP contribution in [0.2, 0.25) is 0 Å². The fraction of sp³-hybridized carbons (Fsp3) is 0.615. The largest absolute Gasteiger partial charge is 0.363 e. The molecule has 98 valence electrons. The van der Waals surface area contributed by atoms with E-state index in [0.29, 0.717) is 0 Å². The summed E-state index contributed by atoms with van der Waals surface area (Å²) in [6, 6.07) is 0. The lowest BCUT2D eigenvalue weighted by Gasteiger charge is -2.27. The third-order valence-electron chi connectivity index (χ3n) is 3.32. The summed E-state index contributed by atoms with van der Waals surface area (Å²) >= 11 is 0. The molecule has 0 spiro atoms. The van der Waals surface area contributed by atoms with Crippen molar-refractivity contribution >= 4 is 5.91 Å². The molecule has 1 aliphatic rings. The Morgan fingerprint density at radius 1 is 1.50 bits per heavy atom. The highest BCUT2D eigenvalue weighted by atomic mass is 16.1. The van der Waals surface area contributed by atoms with Crippen molar-refractivity contribution in [1.29, 1.82) is 0 Å². The molecule has 2 N–H and O–H groups in total. The van der Waals surface area contributed by atoms with Gasteiger partial charge in [0, 0.05) is 19.3 Å². The molecule has 0 bridgehead atoms. The lowest BCUT2D eigenvalue weighted by molar-refractivity contribution is 0.0989. The zero-order chi connectivity index (χ0) is 13.0. The summed E-state index contributed by atoms with van der Waals surface area (Å²) < 4.78 is 0. The van der Waals surface area contributed by atoms with E-state index in [1.807, 2.05) is 0 Å². The van der Waals surface area contributed by atoms with Gasteiger partial charge in [-0.15, -0.1) is 0 Å². The van der Waals surface area contributed by atoms with Gasteiger partial charge in [-0.3, -0.25) is 9.69 Å². The van der Waals surface area contributed by atoms with E-state index in [2.05, 4.69) is 21.8 Å². The fourth-order valence-corrected chi connectivity index (χ4v) is 2.25. The van der Waals surface area contributed by atoms with Crippen LogP contribution in [0, 0.1) is 0 Å². The zero-order valence-corrected chi connectivity index (χ0v) is 10.9. The number of aromatic nitrogens is 2. The molecule has 2 heterocycles. The molecule has 1 aliphatic heterocycles. The lowest BCUT2D eigenvalue weighted by atomic mass is 10.1. The summed E-state index contributed by atoms with van der Waals surface area (Å²) in [5.41, 5.74) is 7.31. The quantitative estimate of drug-likeness (QED) is 0.793. The zero-order valence-electron chi connectivity index (χ0n) is 10.9. The van der Waals surface area contributed by atoms with Crippen LogP contribution in [0.1, 0.15) is 48.1 Å². The van der Waals surface area contributed by atoms with Gasteiger partial charge in [0.2, 0.25) is 5.82 Å². The second-order valence-electron chi connectivity index (χ2n) is 4.76. The highest BCUT2D eigenvalue weighted by molar-refractivity contribution is 5.88. The van der Waals surface area contributed by atoms with Crippen LogP contribution in [0.25, 0.3) is 0 Å². The van der Waals surface area contributed by atoms with Gasteiger partial charge in [-0.05, 0) is 24.9 Å². The van der Waals surface area contributed by atoms with Crippen LogP contribution in [0.4, 0.5) is 0 Å². The summed E-state index contributed by atoms with van der Waals surface area (Å²) in [5.74, 6) is -0.426. The van der Waals surface area contributed by atoms with Gasteiger partial charge in [0.1, 0.15) is 0 Å². The van der Waals surface area contributed by atoms with E-state index in [9.17, 15) is 4.79 Å². The minimum Gasteiger partial charge on any atom is -0.363 e. The SMILES string of the molecule is CCCCCN1CCc2cnc(C(N)=O)nc2C1. The van der Waals surface area contributed by atoms with Crippen molar-refractivity contribution in [2.75, 3.05) is 13.1 Å². The van der Waals surface area contributed by atoms with Crippen molar-refractivity contribution in [1.82, 2.24) is 14.9 Å². The third kappa shape index (κ3) is 3.04. The normalized spacial score (nSPS) is 15.4. The molecule has 0 atom stereocenters. The van der Waals surface area contributed by atoms with Gasteiger partial charge in [-0.25, -0.2) is 9.97 Å². The monoisotopic (exact) mass is 248 g/mol. The molecule has 5 heteroatoms. The van der Waals surface area contributed by atoms with Crippen LogP contribution in [0.3, 0.4) is 0 Å². The van der Waals surface area contributed by atoms with Crippen LogP contribution in [0.5, 0.6) is 0 Å². The number of rotatable bonds is 5. The molecule has 0 radical (unpaired) electrons. The molecule has 0 aliphatic carbocycles. The third-order valence-corrected chi connectivity index (χ3v) is 3.32. The first kappa shape index (κ1) is 13.0. The Morgan fingerprint density at radius 3 is 3.06 bits per heavy atom. The number of unbranched alkanes of at least 4 members (excludes halogenated alkanes) is 2. The van der Waals surface area contributed by atoms with Gasteiger partial charge in [0.15, 0.2) is 0 Å². The molecular formula is C13H20N4O. The van der Waals surface area contributed by atoms with Crippen LogP contribution in [-0.4, -0.2) is 33.9 Å². The molecule has 1 aromatic heterocycles. The molecule has 1 amide bonds. The first-order valence-electron chi connectivity index (χ1n) is 6.57. The summed E-state index contributed by atoms with van der Waals surface area (Å²) in [7, 11) is 0. The second kappa shape index (κ2) is 5.91. The predicted molar refractivity (Wildman–Crippen MR) is 69.1 cm³/mol. The minimum absolute atomic E-state index is 0.129. The van der Waals surface area contributed by atoms with Crippen LogP contribution in [0.15, 0.2) is 6.20 Å². The number of hydrogen-bond acceptors (Lipinski definition) is 4. The van der Waals surface area contributed by atoms with Crippen molar-refractivity contribution in [3.63, 3.8) is 0 Å². The summed E-state index contributed by atoms with van der Waals surface area (Å²) in [4.78, 5) is 21.7. The number of nitrogens with zero attached hydrogens (tertiary/aromatic N) is 3. The number of primary amides is 1. The molecule has 0 aromatic carbocycles. The number of carbonyl (C=O) groups is 1. The number of hydrogen-bond donors (Lipinski definition) is 1. The van der Waals surface area contributed by atoms with Crippen molar-refractivity contribution < 1.29 is 4.79 Å². The van der Waals surface area contributed by atoms with Gasteiger partial charge in [-0.2, -0.15) is 0 Å². The van der Waals surface area contributed by atoms with E-state index in [0.717, 1.165) is 37.3 Å². The van der Waals surface area contributed by atoms with E-state index >= 15 is 0 Å². The Balaban J connectivity index is 2.02. The first-order valence-corrected chi connectivity index (χ1v) is 6.57. The Bertz CT molecular complexity index is 433.